The van der Waals surface area contributed by atoms with E-state index in [0.29, 0.717) is 41.7 Å². The second-order valence-electron chi connectivity index (χ2n) is 10.5. The average molecular weight is 557 g/mol. The summed E-state index contributed by atoms with van der Waals surface area (Å²) in [4.78, 5) is 31.2. The van der Waals surface area contributed by atoms with E-state index in [2.05, 4.69) is 5.32 Å². The molecule has 1 amide bonds. The third-order valence-electron chi connectivity index (χ3n) is 6.39. The number of aliphatic imine (C=N–C) groups is 1. The van der Waals surface area contributed by atoms with Gasteiger partial charge in [-0.25, -0.2) is 4.99 Å². The Balaban J connectivity index is 1.85. The quantitative estimate of drug-likeness (QED) is 0.282. The van der Waals surface area contributed by atoms with E-state index in [9.17, 15) is 9.59 Å². The lowest BCUT2D eigenvalue weighted by Crippen LogP contribution is -2.51. The van der Waals surface area contributed by atoms with E-state index in [4.69, 9.17) is 33.8 Å². The van der Waals surface area contributed by atoms with Crippen molar-refractivity contribution in [1.82, 2.24) is 5.32 Å². The minimum absolute atomic E-state index is 0.0152. The molecule has 2 aromatic carbocycles. The predicted molar refractivity (Wildman–Crippen MR) is 150 cm³/mol. The molecule has 1 aliphatic heterocycles. The second kappa shape index (κ2) is 13.5. The molecule has 0 radical (unpaired) electrons. The maximum absolute atomic E-state index is 13.8. The van der Waals surface area contributed by atoms with Crippen LogP contribution in [0, 0.1) is 0 Å². The molecule has 0 aromatic heterocycles. The van der Waals surface area contributed by atoms with E-state index in [1.807, 2.05) is 6.07 Å². The summed E-state index contributed by atoms with van der Waals surface area (Å²) in [6.45, 7) is 7.79. The van der Waals surface area contributed by atoms with Gasteiger partial charge in [0.15, 0.2) is 5.54 Å². The lowest BCUT2D eigenvalue weighted by Gasteiger charge is -2.28. The van der Waals surface area contributed by atoms with Crippen molar-refractivity contribution in [2.24, 2.45) is 4.99 Å². The summed E-state index contributed by atoms with van der Waals surface area (Å²) in [6, 6.07) is 12.5. The number of nitrogens with zero attached hydrogens (tertiary/aromatic N) is 1. The van der Waals surface area contributed by atoms with Crippen LogP contribution in [-0.2, 0) is 25.6 Å². The van der Waals surface area contributed by atoms with Crippen LogP contribution < -0.4 is 19.5 Å². The highest BCUT2D eigenvalue weighted by Gasteiger charge is 2.50. The maximum Gasteiger partial charge on any atom is 0.306 e. The topological polar surface area (TPSA) is 125 Å². The standard InChI is InChI=1S/C30H40N2O8/c1-20-30(15-14-26(34)40-29(2,3)4,28(35)31-19-22-10-13-24(36-5)18-25(22)37-6)32-27(39-20)21-8-11-23(12-9-21)38-17-7-16-33/h8-13,18,20,33H,7,14-17,19H2,1-6H3,(H,31,35)/t20-,30-/m1/s1. The molecule has 3 rings (SSSR count). The van der Waals surface area contributed by atoms with Gasteiger partial charge in [-0.3, -0.25) is 9.59 Å². The van der Waals surface area contributed by atoms with Gasteiger partial charge in [-0.15, -0.1) is 0 Å². The number of aliphatic hydroxyl groups excluding tert-OH is 1. The van der Waals surface area contributed by atoms with Crippen LogP contribution >= 0.6 is 0 Å². The van der Waals surface area contributed by atoms with Crippen molar-refractivity contribution >= 4 is 17.8 Å². The number of carbonyl (C=O) groups is 2. The van der Waals surface area contributed by atoms with Gasteiger partial charge in [-0.05, 0) is 70.5 Å². The molecular weight excluding hydrogens is 516 g/mol. The van der Waals surface area contributed by atoms with Crippen LogP contribution in [0.3, 0.4) is 0 Å². The number of nitrogens with one attached hydrogen (secondary N) is 1. The van der Waals surface area contributed by atoms with Gasteiger partial charge in [0.1, 0.15) is 29.0 Å². The van der Waals surface area contributed by atoms with E-state index in [0.717, 1.165) is 5.56 Å². The molecule has 40 heavy (non-hydrogen) atoms. The molecule has 0 spiro atoms. The normalized spacial score (nSPS) is 18.4. The first-order valence-corrected chi connectivity index (χ1v) is 13.3. The van der Waals surface area contributed by atoms with Gasteiger partial charge < -0.3 is 34.1 Å². The SMILES string of the molecule is COc1ccc(CNC(=O)[C@]2(CCC(=O)OC(C)(C)C)N=C(c3ccc(OCCCO)cc3)O[C@@H]2C)c(OC)c1. The van der Waals surface area contributed by atoms with Crippen LogP contribution in [0.4, 0.5) is 0 Å². The van der Waals surface area contributed by atoms with E-state index >= 15 is 0 Å². The van der Waals surface area contributed by atoms with Crippen molar-refractivity contribution < 1.29 is 38.4 Å². The number of esters is 1. The Bertz CT molecular complexity index is 1190. The van der Waals surface area contributed by atoms with Crippen molar-refractivity contribution in [2.75, 3.05) is 27.4 Å². The molecule has 1 aliphatic rings. The minimum atomic E-state index is -1.36. The van der Waals surface area contributed by atoms with E-state index in [-0.39, 0.29) is 31.9 Å². The molecule has 10 heteroatoms. The van der Waals surface area contributed by atoms with Crippen LogP contribution in [0.1, 0.15) is 58.1 Å². The molecule has 1 heterocycles. The van der Waals surface area contributed by atoms with Crippen LogP contribution in [0.5, 0.6) is 17.2 Å². The summed E-state index contributed by atoms with van der Waals surface area (Å²) >= 11 is 0. The number of methoxy groups -OCH3 is 2. The highest BCUT2D eigenvalue weighted by molar-refractivity contribution is 6.01. The van der Waals surface area contributed by atoms with Crippen molar-refractivity contribution in [2.45, 2.75) is 70.7 Å². The van der Waals surface area contributed by atoms with Crippen LogP contribution in [-0.4, -0.2) is 67.6 Å². The average Bonchev–Trinajstić information content (AvgIpc) is 3.27. The lowest BCUT2D eigenvalue weighted by molar-refractivity contribution is -0.155. The number of benzene rings is 2. The molecule has 0 saturated carbocycles. The van der Waals surface area contributed by atoms with Gasteiger partial charge in [0.2, 0.25) is 5.90 Å². The van der Waals surface area contributed by atoms with E-state index < -0.39 is 23.2 Å². The molecule has 0 fully saturated rings. The van der Waals surface area contributed by atoms with E-state index in [1.54, 1.807) is 78.3 Å². The van der Waals surface area contributed by atoms with Crippen LogP contribution in [0.15, 0.2) is 47.5 Å². The van der Waals surface area contributed by atoms with Gasteiger partial charge >= 0.3 is 5.97 Å². The predicted octanol–water partition coefficient (Wildman–Crippen LogP) is 3.81. The number of rotatable bonds is 13. The number of carbonyl (C=O) groups excluding carboxylic acids is 2. The van der Waals surface area contributed by atoms with Crippen molar-refractivity contribution in [1.29, 1.82) is 0 Å². The van der Waals surface area contributed by atoms with Crippen LogP contribution in [0.2, 0.25) is 0 Å². The summed E-state index contributed by atoms with van der Waals surface area (Å²) in [5.41, 5.74) is -0.580. The van der Waals surface area contributed by atoms with Gasteiger partial charge in [0, 0.05) is 43.2 Å². The molecule has 2 aromatic rings. The van der Waals surface area contributed by atoms with Crippen LogP contribution in [0.25, 0.3) is 0 Å². The Kier molecular flexibility index (Phi) is 10.4. The van der Waals surface area contributed by atoms with Gasteiger partial charge in [0.05, 0.1) is 20.8 Å². The molecule has 0 bridgehead atoms. The highest BCUT2D eigenvalue weighted by Crippen LogP contribution is 2.34. The molecule has 2 atom stereocenters. The Morgan fingerprint density at radius 1 is 1.07 bits per heavy atom. The molecule has 218 valence electrons. The van der Waals surface area contributed by atoms with Gasteiger partial charge in [-0.1, -0.05) is 0 Å². The zero-order valence-electron chi connectivity index (χ0n) is 24.1. The highest BCUT2D eigenvalue weighted by atomic mass is 16.6. The number of hydrogen-bond acceptors (Lipinski definition) is 9. The molecule has 0 aliphatic carbocycles. The summed E-state index contributed by atoms with van der Waals surface area (Å²) in [6.07, 6.45) is -0.0328. The Labute approximate surface area is 235 Å². The van der Waals surface area contributed by atoms with Crippen molar-refractivity contribution in [3.63, 3.8) is 0 Å². The summed E-state index contributed by atoms with van der Waals surface area (Å²) in [5.74, 6) is 1.36. The Hall–Kier alpha value is -3.79. The minimum Gasteiger partial charge on any atom is -0.497 e. The lowest BCUT2D eigenvalue weighted by atomic mass is 9.87. The zero-order valence-corrected chi connectivity index (χ0v) is 24.1. The maximum atomic E-state index is 13.8. The fourth-order valence-corrected chi connectivity index (χ4v) is 4.26. The zero-order chi connectivity index (χ0) is 29.3. The van der Waals surface area contributed by atoms with Crippen molar-refractivity contribution in [3.8, 4) is 17.2 Å². The summed E-state index contributed by atoms with van der Waals surface area (Å²) in [5, 5.41) is 11.9. The first-order chi connectivity index (χ1) is 19.0. The van der Waals surface area contributed by atoms with Crippen molar-refractivity contribution in [3.05, 3.63) is 53.6 Å². The Morgan fingerprint density at radius 2 is 1.77 bits per heavy atom. The molecule has 0 saturated heterocycles. The molecule has 0 unspecified atom stereocenters. The Morgan fingerprint density at radius 3 is 2.40 bits per heavy atom. The molecule has 2 N–H and O–H groups in total. The monoisotopic (exact) mass is 556 g/mol. The smallest absolute Gasteiger partial charge is 0.306 e. The molecule has 10 nitrogen and oxygen atoms in total. The fraction of sp³-hybridized carbons (Fsp3) is 0.500. The number of ether oxygens (including phenoxy) is 5. The second-order valence-corrected chi connectivity index (χ2v) is 10.5. The van der Waals surface area contributed by atoms with E-state index in [1.165, 1.54) is 0 Å². The first kappa shape index (κ1) is 30.7. The first-order valence-electron chi connectivity index (χ1n) is 13.3. The summed E-state index contributed by atoms with van der Waals surface area (Å²) in [7, 11) is 3.12. The van der Waals surface area contributed by atoms with Gasteiger partial charge in [-0.2, -0.15) is 0 Å². The third-order valence-corrected chi connectivity index (χ3v) is 6.39. The number of aliphatic hydroxyl groups is 1. The third kappa shape index (κ3) is 7.88. The molecular formula is C30H40N2O8. The van der Waals surface area contributed by atoms with Gasteiger partial charge in [0.25, 0.3) is 5.91 Å². The number of amides is 1. The summed E-state index contributed by atoms with van der Waals surface area (Å²) < 4.78 is 27.9. The fourth-order valence-electron chi connectivity index (χ4n) is 4.26. The largest absolute Gasteiger partial charge is 0.497 e. The number of hydrogen-bond donors (Lipinski definition) is 2.